The van der Waals surface area contributed by atoms with Crippen LogP contribution < -0.4 is 4.72 Å². The molecule has 0 spiro atoms. The van der Waals surface area contributed by atoms with E-state index < -0.39 is 10.0 Å². The van der Waals surface area contributed by atoms with Gasteiger partial charge in [-0.1, -0.05) is 11.6 Å². The lowest BCUT2D eigenvalue weighted by Gasteiger charge is -2.07. The van der Waals surface area contributed by atoms with Crippen LogP contribution in [0.1, 0.15) is 5.56 Å². The molecule has 19 heavy (non-hydrogen) atoms. The largest absolute Gasteiger partial charge is 0.263 e. The first kappa shape index (κ1) is 13.3. The summed E-state index contributed by atoms with van der Waals surface area (Å²) < 4.78 is 26.4. The number of nitrogens with one attached hydrogen (secondary N) is 1. The zero-order valence-electron chi connectivity index (χ0n) is 9.54. The van der Waals surface area contributed by atoms with Gasteiger partial charge >= 0.3 is 0 Å². The van der Waals surface area contributed by atoms with Crippen molar-refractivity contribution >= 4 is 27.4 Å². The van der Waals surface area contributed by atoms with Crippen LogP contribution in [0, 0.1) is 11.3 Å². The Kier molecular flexibility index (Phi) is 3.69. The molecule has 0 aliphatic rings. The van der Waals surface area contributed by atoms with Crippen LogP contribution in [0.3, 0.4) is 0 Å². The van der Waals surface area contributed by atoms with Gasteiger partial charge in [0.15, 0.2) is 0 Å². The lowest BCUT2D eigenvalue weighted by molar-refractivity contribution is 0.601. The van der Waals surface area contributed by atoms with Crippen molar-refractivity contribution in [2.24, 2.45) is 0 Å². The Labute approximate surface area is 115 Å². The fraction of sp³-hybridized carbons (Fsp3) is 0. The molecule has 2 rings (SSSR count). The van der Waals surface area contributed by atoms with Crippen LogP contribution >= 0.6 is 11.6 Å². The molecule has 0 amide bonds. The summed E-state index contributed by atoms with van der Waals surface area (Å²) in [5, 5.41) is 9.07. The molecule has 0 aliphatic carbocycles. The van der Waals surface area contributed by atoms with Gasteiger partial charge in [-0.25, -0.2) is 13.4 Å². The third-order valence-corrected chi connectivity index (χ3v) is 3.85. The molecule has 2 aromatic rings. The number of aromatic nitrogens is 1. The second-order valence-electron chi connectivity index (χ2n) is 3.60. The first-order chi connectivity index (χ1) is 9.01. The number of sulfonamides is 1. The summed E-state index contributed by atoms with van der Waals surface area (Å²) in [6, 6.07) is 10.5. The summed E-state index contributed by atoms with van der Waals surface area (Å²) in [7, 11) is -3.72. The highest BCUT2D eigenvalue weighted by Gasteiger charge is 2.14. The van der Waals surface area contributed by atoms with Crippen LogP contribution in [0.4, 0.5) is 5.82 Å². The Balaban J connectivity index is 2.27. The minimum Gasteiger partial charge on any atom is -0.263 e. The zero-order valence-corrected chi connectivity index (χ0v) is 11.1. The Morgan fingerprint density at radius 1 is 1.16 bits per heavy atom. The number of anilines is 1. The molecule has 0 radical (unpaired) electrons. The molecule has 0 atom stereocenters. The maximum Gasteiger partial charge on any atom is 0.263 e. The van der Waals surface area contributed by atoms with Crippen molar-refractivity contribution in [1.82, 2.24) is 4.98 Å². The number of rotatable bonds is 3. The van der Waals surface area contributed by atoms with E-state index >= 15 is 0 Å². The van der Waals surface area contributed by atoms with E-state index in [-0.39, 0.29) is 10.7 Å². The molecule has 0 aliphatic heterocycles. The Hall–Kier alpha value is -2.10. The predicted octanol–water partition coefficient (Wildman–Crippen LogP) is 2.41. The van der Waals surface area contributed by atoms with E-state index in [1.165, 1.54) is 42.6 Å². The van der Waals surface area contributed by atoms with E-state index in [2.05, 4.69) is 9.71 Å². The predicted molar refractivity (Wildman–Crippen MR) is 71.2 cm³/mol. The van der Waals surface area contributed by atoms with Crippen molar-refractivity contribution in [3.05, 3.63) is 53.2 Å². The van der Waals surface area contributed by atoms with Gasteiger partial charge in [-0.05, 0) is 36.4 Å². The van der Waals surface area contributed by atoms with Gasteiger partial charge in [0.25, 0.3) is 10.0 Å². The standard InChI is InChI=1S/C12H8ClN3O2S/c13-10-3-6-12(15-8-10)16-19(17,18)11-4-1-9(7-14)2-5-11/h1-6,8H,(H,15,16). The summed E-state index contributed by atoms with van der Waals surface area (Å²) in [5.74, 6) is 0.175. The Morgan fingerprint density at radius 2 is 1.84 bits per heavy atom. The fourth-order valence-corrected chi connectivity index (χ4v) is 2.46. The van der Waals surface area contributed by atoms with Crippen LogP contribution in [0.5, 0.6) is 0 Å². The molecule has 0 fully saturated rings. The van der Waals surface area contributed by atoms with Gasteiger partial charge in [0, 0.05) is 6.20 Å². The number of nitrogens with zero attached hydrogens (tertiary/aromatic N) is 2. The topological polar surface area (TPSA) is 82.8 Å². The quantitative estimate of drug-likeness (QED) is 0.942. The van der Waals surface area contributed by atoms with Crippen LogP contribution in [-0.2, 0) is 10.0 Å². The third-order valence-electron chi connectivity index (χ3n) is 2.26. The summed E-state index contributed by atoms with van der Waals surface area (Å²) in [5.41, 5.74) is 0.392. The minimum atomic E-state index is -3.72. The molecule has 1 N–H and O–H groups in total. The molecule has 5 nitrogen and oxygen atoms in total. The van der Waals surface area contributed by atoms with Gasteiger partial charge in [-0.3, -0.25) is 4.72 Å². The molecular weight excluding hydrogens is 286 g/mol. The van der Waals surface area contributed by atoms with Crippen molar-refractivity contribution in [3.8, 4) is 6.07 Å². The molecule has 0 unspecified atom stereocenters. The van der Waals surface area contributed by atoms with Crippen LogP contribution in [-0.4, -0.2) is 13.4 Å². The minimum absolute atomic E-state index is 0.0586. The number of benzene rings is 1. The van der Waals surface area contributed by atoms with Crippen molar-refractivity contribution in [2.75, 3.05) is 4.72 Å². The Morgan fingerprint density at radius 3 is 2.37 bits per heavy atom. The summed E-state index contributed by atoms with van der Waals surface area (Å²) in [6.07, 6.45) is 1.35. The number of hydrogen-bond acceptors (Lipinski definition) is 4. The van der Waals surface area contributed by atoms with Gasteiger partial charge in [0.1, 0.15) is 5.82 Å². The third kappa shape index (κ3) is 3.22. The average molecular weight is 294 g/mol. The van der Waals surface area contributed by atoms with E-state index in [0.29, 0.717) is 10.6 Å². The molecular formula is C12H8ClN3O2S. The molecule has 1 aromatic carbocycles. The number of nitriles is 1. The Bertz CT molecular complexity index is 719. The zero-order chi connectivity index (χ0) is 13.9. The average Bonchev–Trinajstić information content (AvgIpc) is 2.41. The van der Waals surface area contributed by atoms with Gasteiger partial charge in [-0.15, -0.1) is 0 Å². The molecule has 1 heterocycles. The maximum absolute atomic E-state index is 12.0. The highest BCUT2D eigenvalue weighted by molar-refractivity contribution is 7.92. The molecule has 0 saturated heterocycles. The maximum atomic E-state index is 12.0. The number of halogens is 1. The second kappa shape index (κ2) is 5.26. The van der Waals surface area contributed by atoms with E-state index in [4.69, 9.17) is 16.9 Å². The van der Waals surface area contributed by atoms with Gasteiger partial charge in [0.05, 0.1) is 21.6 Å². The number of hydrogen-bond donors (Lipinski definition) is 1. The smallest absolute Gasteiger partial charge is 0.263 e. The SMILES string of the molecule is N#Cc1ccc(S(=O)(=O)Nc2ccc(Cl)cn2)cc1. The molecule has 0 bridgehead atoms. The molecule has 7 heteroatoms. The monoisotopic (exact) mass is 293 g/mol. The molecule has 96 valence electrons. The van der Waals surface area contributed by atoms with Crippen molar-refractivity contribution in [3.63, 3.8) is 0 Å². The summed E-state index contributed by atoms with van der Waals surface area (Å²) in [4.78, 5) is 3.91. The highest BCUT2D eigenvalue weighted by atomic mass is 35.5. The molecule has 0 saturated carbocycles. The van der Waals surface area contributed by atoms with Gasteiger partial charge in [-0.2, -0.15) is 5.26 Å². The lowest BCUT2D eigenvalue weighted by Crippen LogP contribution is -2.13. The van der Waals surface area contributed by atoms with E-state index in [1.54, 1.807) is 0 Å². The highest BCUT2D eigenvalue weighted by Crippen LogP contribution is 2.16. The first-order valence-corrected chi connectivity index (χ1v) is 7.02. The summed E-state index contributed by atoms with van der Waals surface area (Å²) in [6.45, 7) is 0. The first-order valence-electron chi connectivity index (χ1n) is 5.16. The second-order valence-corrected chi connectivity index (χ2v) is 5.72. The van der Waals surface area contributed by atoms with Crippen molar-refractivity contribution < 1.29 is 8.42 Å². The number of pyridine rings is 1. The van der Waals surface area contributed by atoms with Crippen LogP contribution in [0.2, 0.25) is 5.02 Å². The van der Waals surface area contributed by atoms with Crippen molar-refractivity contribution in [1.29, 1.82) is 5.26 Å². The van der Waals surface area contributed by atoms with Crippen LogP contribution in [0.25, 0.3) is 0 Å². The molecule has 1 aromatic heterocycles. The van der Waals surface area contributed by atoms with E-state index in [9.17, 15) is 8.42 Å². The fourth-order valence-electron chi connectivity index (χ4n) is 1.34. The van der Waals surface area contributed by atoms with Gasteiger partial charge < -0.3 is 0 Å². The van der Waals surface area contributed by atoms with E-state index in [0.717, 1.165) is 0 Å². The van der Waals surface area contributed by atoms with E-state index in [1.807, 2.05) is 6.07 Å². The normalized spacial score (nSPS) is 10.7. The van der Waals surface area contributed by atoms with Crippen LogP contribution in [0.15, 0.2) is 47.5 Å². The van der Waals surface area contributed by atoms with Crippen molar-refractivity contribution in [2.45, 2.75) is 4.90 Å². The lowest BCUT2D eigenvalue weighted by atomic mass is 10.2. The van der Waals surface area contributed by atoms with Gasteiger partial charge in [0.2, 0.25) is 0 Å². The summed E-state index contributed by atoms with van der Waals surface area (Å²) >= 11 is 5.66.